The number of piperidine rings is 1. The Morgan fingerprint density at radius 2 is 2.40 bits per heavy atom. The Hall–Kier alpha value is -1.28. The van der Waals surface area contributed by atoms with E-state index >= 15 is 0 Å². The maximum atomic E-state index is 11.0. The van der Waals surface area contributed by atoms with E-state index in [0.29, 0.717) is 12.5 Å². The Balaban J connectivity index is 2.45. The summed E-state index contributed by atoms with van der Waals surface area (Å²) in [6, 6.07) is 2.22. The molecule has 5 heteroatoms. The van der Waals surface area contributed by atoms with E-state index in [-0.39, 0.29) is 6.04 Å². The molecule has 5 nitrogen and oxygen atoms in total. The van der Waals surface area contributed by atoms with E-state index in [1.165, 1.54) is 7.11 Å². The lowest BCUT2D eigenvalue weighted by molar-refractivity contribution is 0.137. The maximum absolute atomic E-state index is 11.0. The van der Waals surface area contributed by atoms with Crippen molar-refractivity contribution in [3.8, 4) is 6.07 Å². The van der Waals surface area contributed by atoms with Crippen molar-refractivity contribution in [2.24, 2.45) is 5.92 Å². The van der Waals surface area contributed by atoms with Crippen LogP contribution in [0.3, 0.4) is 0 Å². The zero-order chi connectivity index (χ0) is 11.3. The number of nitrogens with one attached hydrogen (secondary N) is 1. The van der Waals surface area contributed by atoms with Crippen LogP contribution in [0.15, 0.2) is 0 Å². The molecule has 1 aliphatic heterocycles. The summed E-state index contributed by atoms with van der Waals surface area (Å²) in [6.07, 6.45) is 0.544. The number of carbonyl (C=O) groups excluding carboxylic acids is 1. The van der Waals surface area contributed by atoms with Crippen LogP contribution < -0.4 is 5.32 Å². The van der Waals surface area contributed by atoms with Crippen molar-refractivity contribution in [3.05, 3.63) is 0 Å². The molecule has 0 aromatic carbocycles. The number of rotatable bonds is 2. The molecule has 1 heterocycles. The molecular formula is C10H17N3O2. The second-order valence-corrected chi connectivity index (χ2v) is 4.03. The van der Waals surface area contributed by atoms with Gasteiger partial charge in [0.05, 0.1) is 19.7 Å². The molecule has 1 N–H and O–H groups in total. The summed E-state index contributed by atoms with van der Waals surface area (Å²) >= 11 is 0. The van der Waals surface area contributed by atoms with Crippen LogP contribution in [-0.4, -0.2) is 43.8 Å². The Labute approximate surface area is 90.0 Å². The lowest BCUT2D eigenvalue weighted by atomic mass is 9.96. The van der Waals surface area contributed by atoms with Crippen molar-refractivity contribution in [2.45, 2.75) is 19.4 Å². The van der Waals surface area contributed by atoms with Crippen LogP contribution in [0.2, 0.25) is 0 Å². The average molecular weight is 211 g/mol. The first kappa shape index (κ1) is 11.8. The van der Waals surface area contributed by atoms with Gasteiger partial charge in [0.2, 0.25) is 0 Å². The van der Waals surface area contributed by atoms with E-state index in [4.69, 9.17) is 5.26 Å². The van der Waals surface area contributed by atoms with Crippen molar-refractivity contribution < 1.29 is 9.53 Å². The minimum Gasteiger partial charge on any atom is -0.453 e. The van der Waals surface area contributed by atoms with Gasteiger partial charge < -0.3 is 10.1 Å². The number of ether oxygens (including phenoxy) is 1. The monoisotopic (exact) mass is 211 g/mol. The van der Waals surface area contributed by atoms with Gasteiger partial charge in [-0.15, -0.1) is 0 Å². The van der Waals surface area contributed by atoms with Crippen LogP contribution in [0.5, 0.6) is 0 Å². The molecule has 0 radical (unpaired) electrons. The van der Waals surface area contributed by atoms with Crippen molar-refractivity contribution in [1.29, 1.82) is 5.26 Å². The fourth-order valence-electron chi connectivity index (χ4n) is 2.02. The Bertz CT molecular complexity index is 262. The minimum atomic E-state index is -0.397. The Morgan fingerprint density at radius 3 is 3.00 bits per heavy atom. The van der Waals surface area contributed by atoms with Crippen LogP contribution in [0.4, 0.5) is 4.79 Å². The number of likely N-dealkylation sites (tertiary alicyclic amines) is 1. The van der Waals surface area contributed by atoms with E-state index < -0.39 is 6.09 Å². The van der Waals surface area contributed by atoms with Crippen molar-refractivity contribution >= 4 is 6.09 Å². The fourth-order valence-corrected chi connectivity index (χ4v) is 2.02. The van der Waals surface area contributed by atoms with Gasteiger partial charge in [0.1, 0.15) is 0 Å². The minimum absolute atomic E-state index is 0.0922. The smallest absolute Gasteiger partial charge is 0.407 e. The quantitative estimate of drug-likeness (QED) is 0.678. The summed E-state index contributed by atoms with van der Waals surface area (Å²) in [5.74, 6) is 0.495. The van der Waals surface area contributed by atoms with E-state index in [1.54, 1.807) is 0 Å². The van der Waals surface area contributed by atoms with Crippen molar-refractivity contribution in [3.63, 3.8) is 0 Å². The molecule has 2 atom stereocenters. The predicted octanol–water partition coefficient (Wildman–Crippen LogP) is 0.576. The molecule has 1 saturated heterocycles. The van der Waals surface area contributed by atoms with Crippen LogP contribution in [-0.2, 0) is 4.74 Å². The highest BCUT2D eigenvalue weighted by Crippen LogP contribution is 2.15. The third-order valence-corrected chi connectivity index (χ3v) is 2.54. The summed E-state index contributed by atoms with van der Waals surface area (Å²) in [4.78, 5) is 13.1. The van der Waals surface area contributed by atoms with Crippen LogP contribution >= 0.6 is 0 Å². The molecular weight excluding hydrogens is 194 g/mol. The number of carbonyl (C=O) groups is 1. The molecule has 0 spiro atoms. The van der Waals surface area contributed by atoms with E-state index in [1.807, 2.05) is 0 Å². The lowest BCUT2D eigenvalue weighted by Crippen LogP contribution is -2.50. The highest BCUT2D eigenvalue weighted by atomic mass is 16.5. The second-order valence-electron chi connectivity index (χ2n) is 4.03. The molecule has 0 aromatic rings. The number of hydrogen-bond donors (Lipinski definition) is 1. The van der Waals surface area contributed by atoms with E-state index in [2.05, 4.69) is 27.9 Å². The molecule has 0 bridgehead atoms. The average Bonchev–Trinajstić information content (AvgIpc) is 2.17. The van der Waals surface area contributed by atoms with Gasteiger partial charge in [-0.1, -0.05) is 6.92 Å². The zero-order valence-corrected chi connectivity index (χ0v) is 9.19. The molecule has 1 aliphatic rings. The summed E-state index contributed by atoms with van der Waals surface area (Å²) < 4.78 is 4.55. The highest BCUT2D eigenvalue weighted by molar-refractivity contribution is 5.67. The number of alkyl carbamates (subject to hydrolysis) is 1. The van der Waals surface area contributed by atoms with Gasteiger partial charge in [-0.25, -0.2) is 4.79 Å². The summed E-state index contributed by atoms with van der Waals surface area (Å²) in [5, 5.41) is 11.4. The van der Waals surface area contributed by atoms with Gasteiger partial charge in [-0.05, 0) is 12.3 Å². The van der Waals surface area contributed by atoms with Gasteiger partial charge in [0, 0.05) is 19.1 Å². The SMILES string of the molecule is COC(=O)NC1CC(C)CN(CC#N)C1. The second kappa shape index (κ2) is 5.56. The van der Waals surface area contributed by atoms with E-state index in [0.717, 1.165) is 19.5 Å². The van der Waals surface area contributed by atoms with Crippen LogP contribution in [0, 0.1) is 17.2 Å². The van der Waals surface area contributed by atoms with Gasteiger partial charge >= 0.3 is 6.09 Å². The Kier molecular flexibility index (Phi) is 4.37. The number of amides is 1. The third-order valence-electron chi connectivity index (χ3n) is 2.54. The first-order valence-corrected chi connectivity index (χ1v) is 5.09. The number of methoxy groups -OCH3 is 1. The normalized spacial score (nSPS) is 26.7. The molecule has 1 fully saturated rings. The standard InChI is InChI=1S/C10H17N3O2/c1-8-5-9(12-10(14)15-2)7-13(6-8)4-3-11/h8-9H,4-7H2,1-2H3,(H,12,14). The van der Waals surface area contributed by atoms with Crippen molar-refractivity contribution in [2.75, 3.05) is 26.7 Å². The molecule has 0 aromatic heterocycles. The van der Waals surface area contributed by atoms with Gasteiger partial charge in [0.25, 0.3) is 0 Å². The summed E-state index contributed by atoms with van der Waals surface area (Å²) in [5.41, 5.74) is 0. The van der Waals surface area contributed by atoms with Gasteiger partial charge in [-0.3, -0.25) is 4.90 Å². The molecule has 84 valence electrons. The van der Waals surface area contributed by atoms with Crippen molar-refractivity contribution in [1.82, 2.24) is 10.2 Å². The first-order chi connectivity index (χ1) is 7.15. The van der Waals surface area contributed by atoms with Gasteiger partial charge in [0.15, 0.2) is 0 Å². The Morgan fingerprint density at radius 1 is 1.67 bits per heavy atom. The maximum Gasteiger partial charge on any atom is 0.407 e. The largest absolute Gasteiger partial charge is 0.453 e. The fraction of sp³-hybridized carbons (Fsp3) is 0.800. The molecule has 2 unspecified atom stereocenters. The molecule has 15 heavy (non-hydrogen) atoms. The molecule has 1 amide bonds. The number of hydrogen-bond acceptors (Lipinski definition) is 4. The number of nitrogens with zero attached hydrogens (tertiary/aromatic N) is 2. The first-order valence-electron chi connectivity index (χ1n) is 5.09. The summed E-state index contributed by atoms with van der Waals surface area (Å²) in [6.45, 7) is 4.19. The highest BCUT2D eigenvalue weighted by Gasteiger charge is 2.25. The topological polar surface area (TPSA) is 65.4 Å². The molecule has 1 rings (SSSR count). The summed E-state index contributed by atoms with van der Waals surface area (Å²) in [7, 11) is 1.36. The molecule has 0 saturated carbocycles. The van der Waals surface area contributed by atoms with E-state index in [9.17, 15) is 4.79 Å². The zero-order valence-electron chi connectivity index (χ0n) is 9.19. The number of nitriles is 1. The lowest BCUT2D eigenvalue weighted by Gasteiger charge is -2.35. The van der Waals surface area contributed by atoms with Crippen LogP contribution in [0.1, 0.15) is 13.3 Å². The molecule has 0 aliphatic carbocycles. The van der Waals surface area contributed by atoms with Crippen LogP contribution in [0.25, 0.3) is 0 Å². The van der Waals surface area contributed by atoms with Gasteiger partial charge in [-0.2, -0.15) is 5.26 Å². The predicted molar refractivity (Wildman–Crippen MR) is 55.2 cm³/mol. The third kappa shape index (κ3) is 3.76.